The van der Waals surface area contributed by atoms with Gasteiger partial charge in [-0.15, -0.1) is 0 Å². The summed E-state index contributed by atoms with van der Waals surface area (Å²) in [5.74, 6) is 0.186. The van der Waals surface area contributed by atoms with E-state index < -0.39 is 22.2 Å². The summed E-state index contributed by atoms with van der Waals surface area (Å²) in [7, 11) is -3.69. The van der Waals surface area contributed by atoms with E-state index in [1.165, 1.54) is 0 Å². The molecule has 1 fully saturated rings. The molecule has 0 aliphatic heterocycles. The summed E-state index contributed by atoms with van der Waals surface area (Å²) in [5, 5.41) is 0. The quantitative estimate of drug-likeness (QED) is 0.649. The predicted octanol–water partition coefficient (Wildman–Crippen LogP) is 4.87. The molecule has 24 heavy (non-hydrogen) atoms. The van der Waals surface area contributed by atoms with Gasteiger partial charge in [-0.2, -0.15) is 0 Å². The van der Waals surface area contributed by atoms with Gasteiger partial charge in [0.1, 0.15) is 5.60 Å². The van der Waals surface area contributed by atoms with Crippen molar-refractivity contribution in [2.45, 2.75) is 63.8 Å². The van der Waals surface area contributed by atoms with E-state index in [0.29, 0.717) is 6.42 Å². The highest BCUT2D eigenvalue weighted by Crippen LogP contribution is 2.40. The molecule has 0 saturated heterocycles. The lowest BCUT2D eigenvalue weighted by Crippen LogP contribution is -2.63. The molecule has 0 amide bonds. The largest absolute Gasteiger partial charge is 0.408 e. The van der Waals surface area contributed by atoms with Gasteiger partial charge in [-0.1, -0.05) is 42.5 Å². The summed E-state index contributed by atoms with van der Waals surface area (Å²) in [5.41, 5.74) is 0.326. The molecule has 0 radical (unpaired) electrons. The van der Waals surface area contributed by atoms with Gasteiger partial charge in [-0.05, 0) is 51.3 Å². The van der Waals surface area contributed by atoms with Crippen LogP contribution in [0.3, 0.4) is 0 Å². The average Bonchev–Trinajstić information content (AvgIpc) is 2.46. The van der Waals surface area contributed by atoms with Crippen LogP contribution < -0.4 is 0 Å². The lowest BCUT2D eigenvalue weighted by Gasteiger charge is -2.49. The van der Waals surface area contributed by atoms with Crippen LogP contribution >= 0.6 is 0 Å². The third kappa shape index (κ3) is 4.99. The Kier molecular flexibility index (Phi) is 5.69. The molecule has 0 heterocycles. The Morgan fingerprint density at radius 2 is 1.67 bits per heavy atom. The number of ketones is 1. The van der Waals surface area contributed by atoms with Gasteiger partial charge in [0.2, 0.25) is 0 Å². The van der Waals surface area contributed by atoms with Gasteiger partial charge in [0.05, 0.1) is 6.10 Å². The molecule has 0 bridgehead atoms. The molecule has 2 rings (SSSR count). The molecule has 1 saturated carbocycles. The van der Waals surface area contributed by atoms with E-state index in [-0.39, 0.29) is 11.9 Å². The number of hydrogen-bond donors (Lipinski definition) is 0. The minimum absolute atomic E-state index is 0.186. The van der Waals surface area contributed by atoms with Crippen molar-refractivity contribution in [3.05, 3.63) is 42.0 Å². The minimum atomic E-state index is -1.87. The monoisotopic (exact) mass is 362 g/mol. The summed E-state index contributed by atoms with van der Waals surface area (Å²) in [6, 6.07) is 10.1. The summed E-state index contributed by atoms with van der Waals surface area (Å²) in [6.45, 7) is 12.9. The molecule has 0 spiro atoms. The third-order valence-corrected chi connectivity index (χ3v) is 5.82. The number of rotatable bonds is 7. The normalized spacial score (nSPS) is 23.3. The highest BCUT2D eigenvalue weighted by atomic mass is 28.4. The van der Waals surface area contributed by atoms with Crippen LogP contribution in [-0.2, 0) is 13.6 Å². The van der Waals surface area contributed by atoms with Crippen LogP contribution in [0.25, 0.3) is 6.08 Å². The van der Waals surface area contributed by atoms with E-state index in [1.54, 1.807) is 0 Å². The summed E-state index contributed by atoms with van der Waals surface area (Å²) in [4.78, 5) is 12.6. The Bertz CT molecular complexity index is 599. The fourth-order valence-electron chi connectivity index (χ4n) is 2.92. The summed E-state index contributed by atoms with van der Waals surface area (Å²) in [6.07, 6.45) is 5.12. The molecule has 2 atom stereocenters. The molecule has 1 aliphatic carbocycles. The van der Waals surface area contributed by atoms with Crippen LogP contribution in [0.2, 0.25) is 39.3 Å². The van der Waals surface area contributed by atoms with Crippen LogP contribution in [0.5, 0.6) is 0 Å². The van der Waals surface area contributed by atoms with Crippen molar-refractivity contribution in [1.29, 1.82) is 0 Å². The maximum absolute atomic E-state index is 12.6. The molecular weight excluding hydrogens is 332 g/mol. The number of carbonyl (C=O) groups excluding carboxylic acids is 1. The Morgan fingerprint density at radius 3 is 2.08 bits per heavy atom. The number of hydrogen-bond acceptors (Lipinski definition) is 3. The number of benzene rings is 1. The van der Waals surface area contributed by atoms with Crippen LogP contribution in [0.15, 0.2) is 36.4 Å². The topological polar surface area (TPSA) is 35.5 Å². The maximum atomic E-state index is 12.6. The minimum Gasteiger partial charge on any atom is -0.408 e. The molecule has 2 unspecified atom stereocenters. The van der Waals surface area contributed by atoms with Crippen molar-refractivity contribution >= 4 is 28.5 Å². The van der Waals surface area contributed by atoms with Gasteiger partial charge < -0.3 is 8.85 Å². The fraction of sp³-hybridized carbons (Fsp3) is 0.526. The molecule has 1 aromatic carbocycles. The van der Waals surface area contributed by atoms with Crippen molar-refractivity contribution < 1.29 is 13.6 Å². The highest BCUT2D eigenvalue weighted by Gasteiger charge is 2.55. The second-order valence-corrected chi connectivity index (χ2v) is 17.3. The Hall–Kier alpha value is -1.02. The zero-order valence-electron chi connectivity index (χ0n) is 15.8. The second kappa shape index (κ2) is 7.08. The van der Waals surface area contributed by atoms with Gasteiger partial charge in [0, 0.05) is 6.42 Å². The van der Waals surface area contributed by atoms with Crippen LogP contribution in [0.1, 0.15) is 18.4 Å². The second-order valence-electron chi connectivity index (χ2n) is 8.45. The standard InChI is InChI=1S/C19H30O3Si2/c1-23(2,3)21-18(13-12-16-10-8-7-9-11-16)19(15-14-17(19)20)22-24(4,5)6/h7-13,18H,14-15H2,1-6H3/b13-12+. The van der Waals surface area contributed by atoms with Crippen molar-refractivity contribution in [2.24, 2.45) is 0 Å². The zero-order valence-corrected chi connectivity index (χ0v) is 17.8. The Labute approximate surface area is 148 Å². The SMILES string of the molecule is C[Si](C)(C)OC(/C=C/c1ccccc1)C1(O[Si](C)(C)C)CCC1=O. The predicted molar refractivity (Wildman–Crippen MR) is 105 cm³/mol. The fourth-order valence-corrected chi connectivity index (χ4v) is 5.38. The number of Topliss-reactive ketones (excluding diaryl/α,β-unsaturated/α-hetero) is 1. The van der Waals surface area contributed by atoms with E-state index in [2.05, 4.69) is 51.4 Å². The maximum Gasteiger partial charge on any atom is 0.185 e. The first-order chi connectivity index (χ1) is 11.0. The molecule has 1 aromatic rings. The smallest absolute Gasteiger partial charge is 0.185 e. The number of carbonyl (C=O) groups is 1. The Morgan fingerprint density at radius 1 is 1.04 bits per heavy atom. The molecule has 5 heteroatoms. The third-order valence-electron chi connectivity index (χ3n) is 3.89. The van der Waals surface area contributed by atoms with Crippen LogP contribution in [0, 0.1) is 0 Å². The van der Waals surface area contributed by atoms with Gasteiger partial charge in [-0.3, -0.25) is 4.79 Å². The molecule has 3 nitrogen and oxygen atoms in total. The van der Waals surface area contributed by atoms with Crippen molar-refractivity contribution in [2.75, 3.05) is 0 Å². The first kappa shape index (κ1) is 19.3. The summed E-state index contributed by atoms with van der Waals surface area (Å²) < 4.78 is 12.8. The first-order valence-corrected chi connectivity index (χ1v) is 15.5. The van der Waals surface area contributed by atoms with Crippen LogP contribution in [0.4, 0.5) is 0 Å². The van der Waals surface area contributed by atoms with Gasteiger partial charge in [0.25, 0.3) is 0 Å². The van der Waals surface area contributed by atoms with Crippen molar-refractivity contribution in [3.63, 3.8) is 0 Å². The van der Waals surface area contributed by atoms with Crippen molar-refractivity contribution in [1.82, 2.24) is 0 Å². The average molecular weight is 363 g/mol. The molecule has 1 aliphatic rings. The lowest BCUT2D eigenvalue weighted by molar-refractivity contribution is -0.157. The molecule has 0 N–H and O–H groups in total. The van der Waals surface area contributed by atoms with Gasteiger partial charge in [-0.25, -0.2) is 0 Å². The van der Waals surface area contributed by atoms with E-state index in [1.807, 2.05) is 30.4 Å². The zero-order chi connectivity index (χ0) is 18.0. The van der Waals surface area contributed by atoms with E-state index in [9.17, 15) is 4.79 Å². The van der Waals surface area contributed by atoms with E-state index >= 15 is 0 Å². The lowest BCUT2D eigenvalue weighted by atomic mass is 9.74. The molecule has 0 aromatic heterocycles. The molecular formula is C19H30O3Si2. The van der Waals surface area contributed by atoms with Crippen molar-refractivity contribution in [3.8, 4) is 0 Å². The highest BCUT2D eigenvalue weighted by molar-refractivity contribution is 6.70. The van der Waals surface area contributed by atoms with E-state index in [0.717, 1.165) is 12.0 Å². The first-order valence-electron chi connectivity index (χ1n) is 8.66. The Balaban J connectivity index is 2.33. The van der Waals surface area contributed by atoms with E-state index in [4.69, 9.17) is 8.85 Å². The van der Waals surface area contributed by atoms with Crippen LogP contribution in [-0.4, -0.2) is 34.1 Å². The van der Waals surface area contributed by atoms with Gasteiger partial charge >= 0.3 is 0 Å². The van der Waals surface area contributed by atoms with Gasteiger partial charge in [0.15, 0.2) is 22.4 Å². The molecule has 132 valence electrons. The summed E-state index contributed by atoms with van der Waals surface area (Å²) >= 11 is 0.